The summed E-state index contributed by atoms with van der Waals surface area (Å²) in [5.41, 5.74) is 0.706. The monoisotopic (exact) mass is 309 g/mol. The molecule has 1 aromatic rings. The van der Waals surface area contributed by atoms with Crippen LogP contribution in [0.1, 0.15) is 35.7 Å². The molecule has 0 fully saturated rings. The maximum absolute atomic E-state index is 13.3. The van der Waals surface area contributed by atoms with Crippen molar-refractivity contribution in [3.05, 3.63) is 35.1 Å². The third kappa shape index (κ3) is 6.19. The lowest BCUT2D eigenvalue weighted by Gasteiger charge is -2.10. The number of nitrogens with one attached hydrogen (secondary N) is 1. The first kappa shape index (κ1) is 17.5. The van der Waals surface area contributed by atoms with Gasteiger partial charge in [-0.25, -0.2) is 4.39 Å². The fourth-order valence-corrected chi connectivity index (χ4v) is 1.98. The van der Waals surface area contributed by atoms with Crippen LogP contribution >= 0.6 is 11.8 Å². The molecule has 0 saturated carbocycles. The molecule has 114 valence electrons. The Kier molecular flexibility index (Phi) is 7.88. The van der Waals surface area contributed by atoms with E-state index in [1.807, 2.05) is 6.26 Å². The van der Waals surface area contributed by atoms with E-state index in [0.717, 1.165) is 6.42 Å². The summed E-state index contributed by atoms with van der Waals surface area (Å²) in [6.07, 6.45) is 3.20. The minimum Gasteiger partial charge on any atom is -0.395 e. The molecule has 1 unspecified atom stereocenters. The van der Waals surface area contributed by atoms with Gasteiger partial charge in [0.25, 0.3) is 5.91 Å². The Morgan fingerprint density at radius 2 is 2.29 bits per heavy atom. The molecule has 0 aliphatic heterocycles. The molecule has 1 aromatic carbocycles. The summed E-state index contributed by atoms with van der Waals surface area (Å²) in [4.78, 5) is 12.1. The Bertz CT molecular complexity index is 537. The molecule has 0 heterocycles. The summed E-state index contributed by atoms with van der Waals surface area (Å²) in [6, 6.07) is 3.95. The number of carbonyl (C=O) groups excluding carboxylic acids is 1. The first-order chi connectivity index (χ1) is 10.1. The van der Waals surface area contributed by atoms with E-state index in [1.54, 1.807) is 11.8 Å². The number of benzene rings is 1. The lowest BCUT2D eigenvalue weighted by atomic mass is 10.1. The molecule has 2 N–H and O–H groups in total. The first-order valence-electron chi connectivity index (χ1n) is 6.78. The van der Waals surface area contributed by atoms with Gasteiger partial charge in [0.1, 0.15) is 5.82 Å². The second kappa shape index (κ2) is 9.43. The van der Waals surface area contributed by atoms with E-state index in [9.17, 15) is 9.18 Å². The summed E-state index contributed by atoms with van der Waals surface area (Å²) in [7, 11) is 0. The Labute approximate surface area is 129 Å². The second-order valence-electron chi connectivity index (χ2n) is 4.56. The third-order valence-corrected chi connectivity index (χ3v) is 3.97. The molecule has 0 aliphatic rings. The fourth-order valence-electron chi connectivity index (χ4n) is 1.63. The number of aliphatic hydroxyl groups excluding tert-OH is 1. The van der Waals surface area contributed by atoms with E-state index in [4.69, 9.17) is 5.11 Å². The van der Waals surface area contributed by atoms with Crippen molar-refractivity contribution in [1.82, 2.24) is 5.32 Å². The Hall–Kier alpha value is -1.51. The molecule has 5 heteroatoms. The summed E-state index contributed by atoms with van der Waals surface area (Å²) >= 11 is 1.73. The molecule has 21 heavy (non-hydrogen) atoms. The summed E-state index contributed by atoms with van der Waals surface area (Å²) in [5.74, 6) is 4.74. The van der Waals surface area contributed by atoms with E-state index in [2.05, 4.69) is 24.1 Å². The number of hydrogen-bond acceptors (Lipinski definition) is 3. The van der Waals surface area contributed by atoms with Crippen molar-refractivity contribution < 1.29 is 14.3 Å². The van der Waals surface area contributed by atoms with Crippen LogP contribution in [0.2, 0.25) is 0 Å². The predicted octanol–water partition coefficient (Wildman–Crippen LogP) is 2.43. The first-order valence-corrected chi connectivity index (χ1v) is 8.07. The van der Waals surface area contributed by atoms with Crippen molar-refractivity contribution in [2.75, 3.05) is 19.4 Å². The number of halogens is 1. The highest BCUT2D eigenvalue weighted by Gasteiger charge is 2.11. The van der Waals surface area contributed by atoms with Gasteiger partial charge in [-0.05, 0) is 30.9 Å². The van der Waals surface area contributed by atoms with Crippen LogP contribution in [0.15, 0.2) is 18.2 Å². The fraction of sp³-hybridized carbons (Fsp3) is 0.438. The minimum atomic E-state index is -0.467. The molecule has 0 aromatic heterocycles. The van der Waals surface area contributed by atoms with Gasteiger partial charge in [0.2, 0.25) is 0 Å². The highest BCUT2D eigenvalue weighted by atomic mass is 32.2. The SMILES string of the molecule is CSC(C)CCNC(=O)c1cc(F)ccc1C#CCCO. The van der Waals surface area contributed by atoms with Crippen molar-refractivity contribution in [2.24, 2.45) is 0 Å². The number of hydrogen-bond donors (Lipinski definition) is 2. The van der Waals surface area contributed by atoms with Gasteiger partial charge in [0.15, 0.2) is 0 Å². The van der Waals surface area contributed by atoms with Crippen LogP contribution in [-0.2, 0) is 0 Å². The average molecular weight is 309 g/mol. The standard InChI is InChI=1S/C16H20FNO2S/c1-12(21-2)8-9-18-16(20)15-11-14(17)7-6-13(15)5-3-4-10-19/h6-7,11-12,19H,4,8-10H2,1-2H3,(H,18,20). The van der Waals surface area contributed by atoms with E-state index >= 15 is 0 Å². The Morgan fingerprint density at radius 3 is 2.95 bits per heavy atom. The van der Waals surface area contributed by atoms with E-state index < -0.39 is 5.82 Å². The van der Waals surface area contributed by atoms with E-state index in [-0.39, 0.29) is 18.1 Å². The molecule has 0 spiro atoms. The highest BCUT2D eigenvalue weighted by Crippen LogP contribution is 2.12. The number of amides is 1. The smallest absolute Gasteiger partial charge is 0.252 e. The van der Waals surface area contributed by atoms with Crippen molar-refractivity contribution in [2.45, 2.75) is 25.0 Å². The van der Waals surface area contributed by atoms with Crippen LogP contribution < -0.4 is 5.32 Å². The van der Waals surface area contributed by atoms with Crippen LogP contribution in [0.4, 0.5) is 4.39 Å². The molecule has 0 aliphatic carbocycles. The van der Waals surface area contributed by atoms with Gasteiger partial charge in [-0.15, -0.1) is 0 Å². The average Bonchev–Trinajstić information content (AvgIpc) is 2.48. The van der Waals surface area contributed by atoms with Gasteiger partial charge in [-0.1, -0.05) is 18.8 Å². The van der Waals surface area contributed by atoms with E-state index in [0.29, 0.717) is 23.8 Å². The predicted molar refractivity (Wildman–Crippen MR) is 84.9 cm³/mol. The van der Waals surface area contributed by atoms with Crippen LogP contribution in [0.3, 0.4) is 0 Å². The molecule has 0 bridgehead atoms. The van der Waals surface area contributed by atoms with Crippen LogP contribution in [0.5, 0.6) is 0 Å². The number of carbonyl (C=O) groups is 1. The lowest BCUT2D eigenvalue weighted by Crippen LogP contribution is -2.26. The minimum absolute atomic E-state index is 0.0394. The maximum Gasteiger partial charge on any atom is 0.252 e. The molecule has 0 saturated heterocycles. The molecular formula is C16H20FNO2S. The second-order valence-corrected chi connectivity index (χ2v) is 5.83. The zero-order valence-electron chi connectivity index (χ0n) is 12.3. The van der Waals surface area contributed by atoms with Crippen molar-refractivity contribution in [3.8, 4) is 11.8 Å². The maximum atomic E-state index is 13.3. The topological polar surface area (TPSA) is 49.3 Å². The quantitative estimate of drug-likeness (QED) is 0.794. The summed E-state index contributed by atoms with van der Waals surface area (Å²) in [5, 5.41) is 12.0. The Balaban J connectivity index is 2.78. The lowest BCUT2D eigenvalue weighted by molar-refractivity contribution is 0.0952. The van der Waals surface area contributed by atoms with Crippen molar-refractivity contribution >= 4 is 17.7 Å². The van der Waals surface area contributed by atoms with Gasteiger partial charge >= 0.3 is 0 Å². The van der Waals surface area contributed by atoms with Gasteiger partial charge < -0.3 is 10.4 Å². The van der Waals surface area contributed by atoms with Crippen LogP contribution in [0, 0.1) is 17.7 Å². The number of aliphatic hydroxyl groups is 1. The molecular weight excluding hydrogens is 289 g/mol. The summed E-state index contributed by atoms with van der Waals surface area (Å²) in [6.45, 7) is 2.59. The van der Waals surface area contributed by atoms with Crippen LogP contribution in [-0.4, -0.2) is 35.7 Å². The largest absolute Gasteiger partial charge is 0.395 e. The molecule has 0 radical (unpaired) electrons. The van der Waals surface area contributed by atoms with Gasteiger partial charge in [0.05, 0.1) is 12.2 Å². The zero-order valence-corrected chi connectivity index (χ0v) is 13.1. The highest BCUT2D eigenvalue weighted by molar-refractivity contribution is 7.99. The van der Waals surface area contributed by atoms with Crippen molar-refractivity contribution in [3.63, 3.8) is 0 Å². The van der Waals surface area contributed by atoms with Crippen LogP contribution in [0.25, 0.3) is 0 Å². The summed E-state index contributed by atoms with van der Waals surface area (Å²) < 4.78 is 13.3. The molecule has 1 rings (SSSR count). The molecule has 1 atom stereocenters. The number of rotatable bonds is 6. The Morgan fingerprint density at radius 1 is 1.52 bits per heavy atom. The number of thioether (sulfide) groups is 1. The normalized spacial score (nSPS) is 11.4. The molecule has 1 amide bonds. The van der Waals surface area contributed by atoms with Gasteiger partial charge in [-0.2, -0.15) is 11.8 Å². The molecule has 3 nitrogen and oxygen atoms in total. The van der Waals surface area contributed by atoms with Gasteiger partial charge in [-0.3, -0.25) is 4.79 Å². The van der Waals surface area contributed by atoms with Crippen molar-refractivity contribution in [1.29, 1.82) is 0 Å². The zero-order chi connectivity index (χ0) is 15.7. The van der Waals surface area contributed by atoms with Gasteiger partial charge in [0, 0.05) is 23.8 Å². The van der Waals surface area contributed by atoms with E-state index in [1.165, 1.54) is 18.2 Å². The third-order valence-electron chi connectivity index (χ3n) is 2.92.